The van der Waals surface area contributed by atoms with Gasteiger partial charge in [-0.1, -0.05) is 12.1 Å². The molecule has 0 bridgehead atoms. The number of thioether (sulfide) groups is 1. The molecule has 0 spiro atoms. The number of nitrogens with zero attached hydrogens (tertiary/aromatic N) is 2. The molecule has 200 valence electrons. The SMILES string of the molecule is COc1cc(/C=C2/SC(=Nc3cccc(C(=O)OC(C)C)c3)NC2=O)ccc1OCC(=O)N1CCOCC1. The summed E-state index contributed by atoms with van der Waals surface area (Å²) in [5.41, 5.74) is 1.61. The van der Waals surface area contributed by atoms with Gasteiger partial charge in [0.15, 0.2) is 23.3 Å². The molecule has 2 saturated heterocycles. The maximum atomic E-state index is 12.6. The first kappa shape index (κ1) is 27.2. The maximum Gasteiger partial charge on any atom is 0.338 e. The molecule has 11 heteroatoms. The van der Waals surface area contributed by atoms with Crippen molar-refractivity contribution in [2.45, 2.75) is 20.0 Å². The second-order valence-corrected chi connectivity index (χ2v) is 9.71. The van der Waals surface area contributed by atoms with Crippen LogP contribution in [0.25, 0.3) is 6.08 Å². The summed E-state index contributed by atoms with van der Waals surface area (Å²) in [5.74, 6) is 0.0290. The highest BCUT2D eigenvalue weighted by Crippen LogP contribution is 2.32. The first-order chi connectivity index (χ1) is 18.3. The highest BCUT2D eigenvalue weighted by atomic mass is 32.2. The van der Waals surface area contributed by atoms with Crippen molar-refractivity contribution in [1.82, 2.24) is 10.2 Å². The summed E-state index contributed by atoms with van der Waals surface area (Å²) in [6, 6.07) is 11.9. The summed E-state index contributed by atoms with van der Waals surface area (Å²) in [7, 11) is 1.51. The molecule has 38 heavy (non-hydrogen) atoms. The standard InChI is InChI=1S/C27H29N3O7S/c1-17(2)37-26(33)19-5-4-6-20(15-19)28-27-29-25(32)23(38-27)14-18-7-8-21(22(13-18)34-3)36-16-24(31)30-9-11-35-12-10-30/h4-8,13-15,17H,9-12,16H2,1-3H3,(H,28,29,32)/b23-14+. The van der Waals surface area contributed by atoms with Crippen molar-refractivity contribution in [2.24, 2.45) is 4.99 Å². The van der Waals surface area contributed by atoms with Crippen molar-refractivity contribution < 1.29 is 33.3 Å². The van der Waals surface area contributed by atoms with Crippen LogP contribution in [-0.4, -0.2) is 74.0 Å². The molecule has 2 aromatic carbocycles. The highest BCUT2D eigenvalue weighted by Gasteiger charge is 2.24. The van der Waals surface area contributed by atoms with Crippen molar-refractivity contribution >= 4 is 46.5 Å². The molecule has 2 fully saturated rings. The van der Waals surface area contributed by atoms with E-state index in [9.17, 15) is 14.4 Å². The molecule has 2 aliphatic rings. The van der Waals surface area contributed by atoms with Crippen molar-refractivity contribution in [3.05, 3.63) is 58.5 Å². The number of benzene rings is 2. The molecular formula is C27H29N3O7S. The summed E-state index contributed by atoms with van der Waals surface area (Å²) < 4.78 is 21.6. The Morgan fingerprint density at radius 2 is 1.95 bits per heavy atom. The van der Waals surface area contributed by atoms with E-state index in [0.29, 0.717) is 64.7 Å². The molecule has 0 aromatic heterocycles. The number of methoxy groups -OCH3 is 1. The van der Waals surface area contributed by atoms with E-state index < -0.39 is 5.97 Å². The summed E-state index contributed by atoms with van der Waals surface area (Å²) >= 11 is 1.18. The minimum absolute atomic E-state index is 0.106. The van der Waals surface area contributed by atoms with E-state index in [4.69, 9.17) is 18.9 Å². The fourth-order valence-corrected chi connectivity index (χ4v) is 4.51. The van der Waals surface area contributed by atoms with Crippen molar-refractivity contribution in [1.29, 1.82) is 0 Å². The van der Waals surface area contributed by atoms with Gasteiger partial charge < -0.3 is 29.2 Å². The molecule has 0 aliphatic carbocycles. The van der Waals surface area contributed by atoms with E-state index in [1.165, 1.54) is 18.9 Å². The predicted molar refractivity (Wildman–Crippen MR) is 144 cm³/mol. The number of hydrogen-bond donors (Lipinski definition) is 1. The molecule has 1 N–H and O–H groups in total. The average Bonchev–Trinajstić information content (AvgIpc) is 3.25. The van der Waals surface area contributed by atoms with Crippen LogP contribution in [0.2, 0.25) is 0 Å². The Morgan fingerprint density at radius 3 is 2.68 bits per heavy atom. The van der Waals surface area contributed by atoms with Crippen LogP contribution in [0.4, 0.5) is 5.69 Å². The Hall–Kier alpha value is -3.83. The minimum atomic E-state index is -0.433. The topological polar surface area (TPSA) is 116 Å². The number of aliphatic imine (C=N–C) groups is 1. The number of carbonyl (C=O) groups is 3. The summed E-state index contributed by atoms with van der Waals surface area (Å²) in [4.78, 5) is 43.7. The number of amides is 2. The molecule has 0 radical (unpaired) electrons. The molecule has 10 nitrogen and oxygen atoms in total. The molecule has 0 unspecified atom stereocenters. The van der Waals surface area contributed by atoms with E-state index in [2.05, 4.69) is 10.3 Å². The second kappa shape index (κ2) is 12.6. The lowest BCUT2D eigenvalue weighted by atomic mass is 10.2. The van der Waals surface area contributed by atoms with Crippen molar-refractivity contribution in [2.75, 3.05) is 40.0 Å². The number of hydrogen-bond acceptors (Lipinski definition) is 9. The lowest BCUT2D eigenvalue weighted by Crippen LogP contribution is -2.43. The molecular weight excluding hydrogens is 510 g/mol. The summed E-state index contributed by atoms with van der Waals surface area (Å²) in [5, 5.41) is 3.13. The minimum Gasteiger partial charge on any atom is -0.493 e. The zero-order chi connectivity index (χ0) is 27.1. The van der Waals surface area contributed by atoms with Gasteiger partial charge in [0.2, 0.25) is 0 Å². The normalized spacial score (nSPS) is 17.6. The smallest absolute Gasteiger partial charge is 0.338 e. The van der Waals surface area contributed by atoms with Gasteiger partial charge in [0.25, 0.3) is 11.8 Å². The zero-order valence-electron chi connectivity index (χ0n) is 21.4. The van der Waals surface area contributed by atoms with E-state index in [0.717, 1.165) is 0 Å². The van der Waals surface area contributed by atoms with Crippen LogP contribution in [0.3, 0.4) is 0 Å². The van der Waals surface area contributed by atoms with Crippen LogP contribution in [0.15, 0.2) is 52.4 Å². The predicted octanol–water partition coefficient (Wildman–Crippen LogP) is 3.39. The van der Waals surface area contributed by atoms with Gasteiger partial charge in [0.1, 0.15) is 0 Å². The molecule has 2 heterocycles. The number of carbonyl (C=O) groups excluding carboxylic acids is 3. The largest absolute Gasteiger partial charge is 0.493 e. The van der Waals surface area contributed by atoms with Gasteiger partial charge in [-0.05, 0) is 67.6 Å². The van der Waals surface area contributed by atoms with Crippen LogP contribution < -0.4 is 14.8 Å². The molecule has 0 atom stereocenters. The first-order valence-corrected chi connectivity index (χ1v) is 12.9. The number of rotatable bonds is 8. The maximum absolute atomic E-state index is 12.6. The van der Waals surface area contributed by atoms with Crippen LogP contribution >= 0.6 is 11.8 Å². The Balaban J connectivity index is 1.43. The average molecular weight is 540 g/mol. The van der Waals surface area contributed by atoms with Gasteiger partial charge in [-0.15, -0.1) is 0 Å². The Labute approximate surface area is 225 Å². The second-order valence-electron chi connectivity index (χ2n) is 8.68. The highest BCUT2D eigenvalue weighted by molar-refractivity contribution is 8.18. The van der Waals surface area contributed by atoms with E-state index in [-0.39, 0.29) is 24.5 Å². The summed E-state index contributed by atoms with van der Waals surface area (Å²) in [6.45, 7) is 5.60. The van der Waals surface area contributed by atoms with Crippen molar-refractivity contribution in [3.8, 4) is 11.5 Å². The van der Waals surface area contributed by atoms with Gasteiger partial charge in [-0.3, -0.25) is 9.59 Å². The Kier molecular flexibility index (Phi) is 9.03. The fraction of sp³-hybridized carbons (Fsp3) is 0.333. The number of morpholine rings is 1. The number of esters is 1. The van der Waals surface area contributed by atoms with Crippen molar-refractivity contribution in [3.63, 3.8) is 0 Å². The van der Waals surface area contributed by atoms with Gasteiger partial charge >= 0.3 is 5.97 Å². The number of amidine groups is 1. The third-order valence-electron chi connectivity index (χ3n) is 5.51. The molecule has 2 amide bonds. The Bertz CT molecular complexity index is 1270. The molecule has 2 aromatic rings. The van der Waals surface area contributed by atoms with Gasteiger partial charge in [0.05, 0.1) is 42.6 Å². The third kappa shape index (κ3) is 7.14. The number of ether oxygens (including phenoxy) is 4. The lowest BCUT2D eigenvalue weighted by Gasteiger charge is -2.26. The number of nitrogens with one attached hydrogen (secondary N) is 1. The fourth-order valence-electron chi connectivity index (χ4n) is 3.67. The monoisotopic (exact) mass is 539 g/mol. The zero-order valence-corrected chi connectivity index (χ0v) is 22.2. The van der Waals surface area contributed by atoms with Crippen LogP contribution in [-0.2, 0) is 19.1 Å². The quantitative estimate of drug-likeness (QED) is 0.401. The lowest BCUT2D eigenvalue weighted by molar-refractivity contribution is -0.137. The van der Waals surface area contributed by atoms with Gasteiger partial charge in [0, 0.05) is 13.1 Å². The molecule has 0 saturated carbocycles. The van der Waals surface area contributed by atoms with E-state index >= 15 is 0 Å². The van der Waals surface area contributed by atoms with Gasteiger partial charge in [-0.25, -0.2) is 9.79 Å². The van der Waals surface area contributed by atoms with Gasteiger partial charge in [-0.2, -0.15) is 0 Å². The Morgan fingerprint density at radius 1 is 1.16 bits per heavy atom. The van der Waals surface area contributed by atoms with Crippen LogP contribution in [0.5, 0.6) is 11.5 Å². The molecule has 2 aliphatic heterocycles. The molecule has 4 rings (SSSR count). The van der Waals surface area contributed by atoms with E-state index in [1.807, 2.05) is 0 Å². The first-order valence-electron chi connectivity index (χ1n) is 12.1. The third-order valence-corrected chi connectivity index (χ3v) is 6.42. The van der Waals surface area contributed by atoms with Crippen LogP contribution in [0, 0.1) is 0 Å². The van der Waals surface area contributed by atoms with Crippen LogP contribution in [0.1, 0.15) is 29.8 Å². The summed E-state index contributed by atoms with van der Waals surface area (Å²) in [6.07, 6.45) is 1.48. The van der Waals surface area contributed by atoms with E-state index in [1.54, 1.807) is 67.3 Å².